The topological polar surface area (TPSA) is 96.0 Å². The molecule has 21 heavy (non-hydrogen) atoms. The van der Waals surface area contributed by atoms with Crippen LogP contribution in [-0.4, -0.2) is 36.4 Å². The minimum absolute atomic E-state index is 0.0370. The number of oxime groups is 1. The van der Waals surface area contributed by atoms with Crippen molar-refractivity contribution in [2.24, 2.45) is 10.9 Å². The summed E-state index contributed by atoms with van der Waals surface area (Å²) in [6.45, 7) is 3.57. The van der Waals surface area contributed by atoms with Crippen molar-refractivity contribution < 1.29 is 13.6 Å². The predicted molar refractivity (Wildman–Crippen MR) is 83.5 cm³/mol. The number of hydrogen-bond acceptors (Lipinski definition) is 4. The standard InChI is InChI=1S/C12H17Cl2N3O3S/c1-8(2)17(6-5-12(15)16-18)21(19,20)9-3-4-10(13)11(14)7-9/h3-4,7-8,18H,5-6H2,1-2H3,(H2,15,16). The lowest BCUT2D eigenvalue weighted by Crippen LogP contribution is -2.39. The highest BCUT2D eigenvalue weighted by Gasteiger charge is 2.27. The molecule has 0 amide bonds. The highest BCUT2D eigenvalue weighted by Crippen LogP contribution is 2.27. The van der Waals surface area contributed by atoms with Gasteiger partial charge in [-0.3, -0.25) is 0 Å². The van der Waals surface area contributed by atoms with E-state index < -0.39 is 10.0 Å². The Kier molecular flexibility index (Phi) is 6.27. The van der Waals surface area contributed by atoms with Crippen LogP contribution in [0.25, 0.3) is 0 Å². The van der Waals surface area contributed by atoms with E-state index in [1.807, 2.05) is 0 Å². The van der Waals surface area contributed by atoms with Crippen molar-refractivity contribution in [3.8, 4) is 0 Å². The zero-order valence-corrected chi connectivity index (χ0v) is 14.0. The van der Waals surface area contributed by atoms with E-state index in [0.29, 0.717) is 0 Å². The van der Waals surface area contributed by atoms with Crippen LogP contribution >= 0.6 is 23.2 Å². The van der Waals surface area contributed by atoms with Crippen LogP contribution in [0.1, 0.15) is 20.3 Å². The van der Waals surface area contributed by atoms with Gasteiger partial charge in [-0.25, -0.2) is 8.42 Å². The van der Waals surface area contributed by atoms with Crippen LogP contribution in [0, 0.1) is 0 Å². The smallest absolute Gasteiger partial charge is 0.243 e. The Hall–Kier alpha value is -1.02. The Morgan fingerprint density at radius 3 is 2.48 bits per heavy atom. The summed E-state index contributed by atoms with van der Waals surface area (Å²) in [5.74, 6) is -0.0370. The maximum absolute atomic E-state index is 12.6. The van der Waals surface area contributed by atoms with Crippen LogP contribution in [0.3, 0.4) is 0 Å². The molecule has 0 unspecified atom stereocenters. The molecule has 0 fully saturated rings. The van der Waals surface area contributed by atoms with E-state index in [-0.39, 0.29) is 39.8 Å². The zero-order chi connectivity index (χ0) is 16.2. The van der Waals surface area contributed by atoms with Crippen molar-refractivity contribution in [1.29, 1.82) is 0 Å². The molecule has 1 rings (SSSR count). The van der Waals surface area contributed by atoms with Crippen LogP contribution < -0.4 is 5.73 Å². The molecule has 6 nitrogen and oxygen atoms in total. The van der Waals surface area contributed by atoms with Gasteiger partial charge in [0.25, 0.3) is 0 Å². The fourth-order valence-corrected chi connectivity index (χ4v) is 3.73. The average molecular weight is 354 g/mol. The molecule has 9 heteroatoms. The van der Waals surface area contributed by atoms with Crippen LogP contribution in [0.2, 0.25) is 10.0 Å². The van der Waals surface area contributed by atoms with Crippen molar-refractivity contribution in [3.63, 3.8) is 0 Å². The second-order valence-corrected chi connectivity index (χ2v) is 7.33. The molecule has 0 bridgehead atoms. The summed E-state index contributed by atoms with van der Waals surface area (Å²) < 4.78 is 26.5. The van der Waals surface area contributed by atoms with Crippen molar-refractivity contribution in [2.75, 3.05) is 6.54 Å². The lowest BCUT2D eigenvalue weighted by Gasteiger charge is -2.25. The Morgan fingerprint density at radius 1 is 1.38 bits per heavy atom. The first-order chi connectivity index (χ1) is 9.70. The van der Waals surface area contributed by atoms with Gasteiger partial charge in [0.15, 0.2) is 0 Å². The number of hydrogen-bond donors (Lipinski definition) is 2. The number of nitrogens with two attached hydrogens (primary N) is 1. The lowest BCUT2D eigenvalue weighted by molar-refractivity contribution is 0.313. The number of halogens is 2. The molecule has 0 saturated heterocycles. The minimum Gasteiger partial charge on any atom is -0.409 e. The summed E-state index contributed by atoms with van der Waals surface area (Å²) in [7, 11) is -3.75. The monoisotopic (exact) mass is 353 g/mol. The normalized spacial score (nSPS) is 13.1. The zero-order valence-electron chi connectivity index (χ0n) is 11.6. The fourth-order valence-electron chi connectivity index (χ4n) is 1.70. The molecule has 0 radical (unpaired) electrons. The molecule has 0 heterocycles. The van der Waals surface area contributed by atoms with E-state index in [4.69, 9.17) is 34.1 Å². The van der Waals surface area contributed by atoms with E-state index in [1.165, 1.54) is 22.5 Å². The number of rotatable bonds is 6. The second-order valence-electron chi connectivity index (χ2n) is 4.63. The molecule has 3 N–H and O–H groups in total. The van der Waals surface area contributed by atoms with Gasteiger partial charge in [-0.1, -0.05) is 28.4 Å². The molecule has 118 valence electrons. The molecule has 0 saturated carbocycles. The maximum Gasteiger partial charge on any atom is 0.243 e. The average Bonchev–Trinajstić information content (AvgIpc) is 2.40. The van der Waals surface area contributed by atoms with E-state index in [1.54, 1.807) is 13.8 Å². The van der Waals surface area contributed by atoms with Crippen molar-refractivity contribution in [3.05, 3.63) is 28.2 Å². The fraction of sp³-hybridized carbons (Fsp3) is 0.417. The van der Waals surface area contributed by atoms with Gasteiger partial charge < -0.3 is 10.9 Å². The number of amidine groups is 1. The van der Waals surface area contributed by atoms with Gasteiger partial charge in [0, 0.05) is 19.0 Å². The quantitative estimate of drug-likeness (QED) is 0.355. The highest BCUT2D eigenvalue weighted by molar-refractivity contribution is 7.89. The van der Waals surface area contributed by atoms with Gasteiger partial charge in [-0.15, -0.1) is 0 Å². The van der Waals surface area contributed by atoms with Gasteiger partial charge in [-0.05, 0) is 32.0 Å². The second kappa shape index (κ2) is 7.31. The summed E-state index contributed by atoms with van der Waals surface area (Å²) in [5.41, 5.74) is 5.39. The van der Waals surface area contributed by atoms with Gasteiger partial charge in [0.1, 0.15) is 5.84 Å². The van der Waals surface area contributed by atoms with Crippen molar-refractivity contribution >= 4 is 39.1 Å². The molecule has 1 aromatic rings. The van der Waals surface area contributed by atoms with Crippen LogP contribution in [0.4, 0.5) is 0 Å². The Morgan fingerprint density at radius 2 is 2.00 bits per heavy atom. The molecule has 0 atom stereocenters. The van der Waals surface area contributed by atoms with Crippen molar-refractivity contribution in [1.82, 2.24) is 4.31 Å². The first-order valence-corrected chi connectivity index (χ1v) is 8.33. The van der Waals surface area contributed by atoms with Crippen LogP contribution in [0.5, 0.6) is 0 Å². The number of benzene rings is 1. The van der Waals surface area contributed by atoms with E-state index >= 15 is 0 Å². The lowest BCUT2D eigenvalue weighted by atomic mass is 10.3. The van der Waals surface area contributed by atoms with Gasteiger partial charge in [0.2, 0.25) is 10.0 Å². The molecule has 1 aromatic carbocycles. The first-order valence-electron chi connectivity index (χ1n) is 6.13. The Balaban J connectivity index is 3.12. The molecule has 0 spiro atoms. The summed E-state index contributed by atoms with van der Waals surface area (Å²) in [6, 6.07) is 3.83. The third-order valence-corrected chi connectivity index (χ3v) is 5.60. The van der Waals surface area contributed by atoms with Gasteiger partial charge in [0.05, 0.1) is 14.9 Å². The summed E-state index contributed by atoms with van der Waals surface area (Å²) in [6.07, 6.45) is 0.120. The van der Waals surface area contributed by atoms with Crippen LogP contribution in [0.15, 0.2) is 28.3 Å². The molecular weight excluding hydrogens is 337 g/mol. The third kappa shape index (κ3) is 4.47. The molecular formula is C12H17Cl2N3O3S. The van der Waals surface area contributed by atoms with E-state index in [0.717, 1.165) is 0 Å². The van der Waals surface area contributed by atoms with E-state index in [9.17, 15) is 8.42 Å². The molecule has 0 aliphatic heterocycles. The SMILES string of the molecule is CC(C)N(CCC(N)=NO)S(=O)(=O)c1ccc(Cl)c(Cl)c1. The largest absolute Gasteiger partial charge is 0.409 e. The minimum atomic E-state index is -3.75. The predicted octanol–water partition coefficient (Wildman–Crippen LogP) is 2.53. The molecule has 0 aliphatic carbocycles. The van der Waals surface area contributed by atoms with Crippen LogP contribution in [-0.2, 0) is 10.0 Å². The molecule has 0 aliphatic rings. The van der Waals surface area contributed by atoms with Crippen molar-refractivity contribution in [2.45, 2.75) is 31.2 Å². The van der Waals surface area contributed by atoms with E-state index in [2.05, 4.69) is 5.16 Å². The van der Waals surface area contributed by atoms with Gasteiger partial charge >= 0.3 is 0 Å². The first kappa shape index (κ1) is 18.0. The summed E-state index contributed by atoms with van der Waals surface area (Å²) in [5, 5.41) is 11.8. The summed E-state index contributed by atoms with van der Waals surface area (Å²) >= 11 is 11.7. The highest BCUT2D eigenvalue weighted by atomic mass is 35.5. The number of sulfonamides is 1. The Bertz CT molecular complexity index is 633. The number of nitrogens with zero attached hydrogens (tertiary/aromatic N) is 2. The molecule has 0 aromatic heterocycles. The summed E-state index contributed by atoms with van der Waals surface area (Å²) in [4.78, 5) is 0.0464. The van der Waals surface area contributed by atoms with Gasteiger partial charge in [-0.2, -0.15) is 4.31 Å². The Labute approximate surface area is 134 Å². The maximum atomic E-state index is 12.6. The third-order valence-electron chi connectivity index (χ3n) is 2.79.